The number of nitro groups is 1. The summed E-state index contributed by atoms with van der Waals surface area (Å²) in [5.41, 5.74) is 4.70. The third-order valence-electron chi connectivity index (χ3n) is 8.14. The van der Waals surface area contributed by atoms with E-state index in [4.69, 9.17) is 27.9 Å². The second-order valence-corrected chi connectivity index (χ2v) is 12.8. The van der Waals surface area contributed by atoms with E-state index in [0.29, 0.717) is 42.7 Å². The van der Waals surface area contributed by atoms with E-state index >= 15 is 0 Å². The molecule has 0 unspecified atom stereocenters. The van der Waals surface area contributed by atoms with Crippen LogP contribution in [-0.2, 0) is 16.1 Å². The van der Waals surface area contributed by atoms with Crippen LogP contribution in [0.2, 0.25) is 10.0 Å². The highest BCUT2D eigenvalue weighted by Gasteiger charge is 2.34. The van der Waals surface area contributed by atoms with Crippen LogP contribution in [-0.4, -0.2) is 26.6 Å². The Kier molecular flexibility index (Phi) is 8.45. The van der Waals surface area contributed by atoms with Crippen molar-refractivity contribution >= 4 is 63.2 Å². The second kappa shape index (κ2) is 12.4. The van der Waals surface area contributed by atoms with Crippen LogP contribution in [0, 0.1) is 24.0 Å². The average molecular weight is 676 g/mol. The van der Waals surface area contributed by atoms with E-state index in [1.165, 1.54) is 22.0 Å². The van der Waals surface area contributed by atoms with E-state index in [0.717, 1.165) is 27.7 Å². The van der Waals surface area contributed by atoms with Gasteiger partial charge in [0.15, 0.2) is 4.80 Å². The van der Waals surface area contributed by atoms with Gasteiger partial charge in [0.2, 0.25) is 0 Å². The zero-order valence-corrected chi connectivity index (χ0v) is 27.7. The summed E-state index contributed by atoms with van der Waals surface area (Å²) < 4.78 is 9.37. The third kappa shape index (κ3) is 5.46. The van der Waals surface area contributed by atoms with Crippen molar-refractivity contribution < 1.29 is 14.5 Å². The number of carbonyl (C=O) groups is 1. The molecule has 12 heteroatoms. The van der Waals surface area contributed by atoms with Crippen molar-refractivity contribution in [3.8, 4) is 0 Å². The zero-order chi connectivity index (χ0) is 32.9. The number of rotatable bonds is 7. The summed E-state index contributed by atoms with van der Waals surface area (Å²) in [5, 5.41) is 13.8. The lowest BCUT2D eigenvalue weighted by molar-refractivity contribution is -0.385. The van der Waals surface area contributed by atoms with Crippen molar-refractivity contribution in [2.75, 3.05) is 6.61 Å². The molecule has 9 nitrogen and oxygen atoms in total. The average Bonchev–Trinajstić information content (AvgIpc) is 3.46. The normalized spacial score (nSPS) is 14.8. The number of para-hydroxylation sites is 1. The molecule has 0 fully saturated rings. The van der Waals surface area contributed by atoms with E-state index < -0.39 is 16.9 Å². The molecule has 3 aromatic carbocycles. The van der Waals surface area contributed by atoms with Gasteiger partial charge in [0.05, 0.1) is 43.4 Å². The Balaban J connectivity index is 1.56. The van der Waals surface area contributed by atoms with Crippen LogP contribution < -0.4 is 14.9 Å². The minimum absolute atomic E-state index is 0.108. The van der Waals surface area contributed by atoms with Crippen LogP contribution >= 0.6 is 34.5 Å². The number of thiazole rings is 1. The van der Waals surface area contributed by atoms with E-state index in [-0.39, 0.29) is 23.4 Å². The largest absolute Gasteiger partial charge is 0.463 e. The van der Waals surface area contributed by atoms with Crippen LogP contribution in [0.5, 0.6) is 0 Å². The van der Waals surface area contributed by atoms with Crippen molar-refractivity contribution in [3.05, 3.63) is 140 Å². The first-order valence-corrected chi connectivity index (χ1v) is 16.0. The molecule has 0 bridgehead atoms. The Morgan fingerprint density at radius 3 is 2.57 bits per heavy atom. The molecule has 3 heterocycles. The summed E-state index contributed by atoms with van der Waals surface area (Å²) in [6.45, 7) is 7.66. The number of hydrogen-bond donors (Lipinski definition) is 0. The number of halogens is 2. The van der Waals surface area contributed by atoms with Crippen molar-refractivity contribution in [2.24, 2.45) is 4.99 Å². The first-order chi connectivity index (χ1) is 22.0. The molecule has 46 heavy (non-hydrogen) atoms. The fourth-order valence-electron chi connectivity index (χ4n) is 5.90. The highest BCUT2D eigenvalue weighted by atomic mass is 35.5. The fraction of sp³-hybridized carbons (Fsp3) is 0.206. The summed E-state index contributed by atoms with van der Waals surface area (Å²) >= 11 is 13.7. The molecule has 6 rings (SSSR count). The summed E-state index contributed by atoms with van der Waals surface area (Å²) in [7, 11) is 0. The molecule has 0 N–H and O–H groups in total. The highest BCUT2D eigenvalue weighted by molar-refractivity contribution is 7.07. The van der Waals surface area contributed by atoms with E-state index in [1.54, 1.807) is 39.0 Å². The Morgan fingerprint density at radius 2 is 1.85 bits per heavy atom. The monoisotopic (exact) mass is 674 g/mol. The summed E-state index contributed by atoms with van der Waals surface area (Å²) in [6, 6.07) is 17.3. The first kappa shape index (κ1) is 31.5. The molecule has 1 atom stereocenters. The van der Waals surface area contributed by atoms with Gasteiger partial charge in [-0.3, -0.25) is 19.5 Å². The molecule has 1 aliphatic heterocycles. The van der Waals surface area contributed by atoms with Gasteiger partial charge in [-0.2, -0.15) is 0 Å². The number of carbonyl (C=O) groups excluding carboxylic acids is 1. The van der Waals surface area contributed by atoms with Crippen LogP contribution in [0.15, 0.2) is 81.7 Å². The van der Waals surface area contributed by atoms with E-state index in [2.05, 4.69) is 9.56 Å². The number of allylic oxidation sites excluding steroid dienone is 1. The highest BCUT2D eigenvalue weighted by Crippen LogP contribution is 2.34. The lowest BCUT2D eigenvalue weighted by Gasteiger charge is -2.24. The van der Waals surface area contributed by atoms with Gasteiger partial charge in [0, 0.05) is 40.3 Å². The van der Waals surface area contributed by atoms with E-state index in [9.17, 15) is 19.7 Å². The van der Waals surface area contributed by atoms with Gasteiger partial charge >= 0.3 is 5.97 Å². The molecule has 234 valence electrons. The maximum Gasteiger partial charge on any atom is 0.338 e. The molecule has 0 spiro atoms. The lowest BCUT2D eigenvalue weighted by Crippen LogP contribution is -2.40. The zero-order valence-electron chi connectivity index (χ0n) is 25.3. The van der Waals surface area contributed by atoms with Crippen molar-refractivity contribution in [3.63, 3.8) is 0 Å². The SMILES string of the molecule is CCOC(=O)C1=C(C)N=c2s/c(=C/c3c(C)n(Cc4ccc(Cl)c(Cl)c4)c4ccccc34)c(=O)n2[C@H]1c1ccc(C)c([N+](=O)[O-])c1. The number of benzene rings is 3. The van der Waals surface area contributed by atoms with Gasteiger partial charge in [-0.05, 0) is 63.1 Å². The molecule has 5 aromatic rings. The first-order valence-electron chi connectivity index (χ1n) is 14.5. The quantitative estimate of drug-likeness (QED) is 0.109. The van der Waals surface area contributed by atoms with Gasteiger partial charge in [0.1, 0.15) is 0 Å². The van der Waals surface area contributed by atoms with Gasteiger partial charge in [-0.15, -0.1) is 0 Å². The predicted octanol–water partition coefficient (Wildman–Crippen LogP) is 6.63. The van der Waals surface area contributed by atoms with Gasteiger partial charge in [0.25, 0.3) is 11.2 Å². The number of hydrogen-bond acceptors (Lipinski definition) is 7. The topological polar surface area (TPSA) is 109 Å². The van der Waals surface area contributed by atoms with Crippen LogP contribution in [0.25, 0.3) is 17.0 Å². The van der Waals surface area contributed by atoms with Crippen molar-refractivity contribution in [2.45, 2.75) is 40.3 Å². The summed E-state index contributed by atoms with van der Waals surface area (Å²) in [5.74, 6) is -0.632. The number of aryl methyl sites for hydroxylation is 1. The maximum atomic E-state index is 14.3. The maximum absolute atomic E-state index is 14.3. The predicted molar refractivity (Wildman–Crippen MR) is 180 cm³/mol. The van der Waals surface area contributed by atoms with Crippen molar-refractivity contribution in [1.82, 2.24) is 9.13 Å². The Labute approximate surface area is 277 Å². The minimum Gasteiger partial charge on any atom is -0.463 e. The number of nitrogens with zero attached hydrogens (tertiary/aromatic N) is 4. The van der Waals surface area contributed by atoms with Gasteiger partial charge in [-0.25, -0.2) is 9.79 Å². The van der Waals surface area contributed by atoms with Crippen LogP contribution in [0.4, 0.5) is 5.69 Å². The number of esters is 1. The summed E-state index contributed by atoms with van der Waals surface area (Å²) in [4.78, 5) is 43.9. The minimum atomic E-state index is -0.964. The Bertz CT molecular complexity index is 2300. The molecular weight excluding hydrogens is 647 g/mol. The molecule has 2 aromatic heterocycles. The standard InChI is InChI=1S/C34H28Cl2N4O5S/c1-5-45-33(42)30-19(3)37-34-39(31(30)22-12-10-18(2)28(15-22)40(43)44)32(41)29(46-34)16-24-20(4)38(27-9-7-6-8-23(24)27)17-21-11-13-25(35)26(36)14-21/h6-16,31H,5,17H2,1-4H3/b29-16+/t31-/m0/s1. The molecule has 0 saturated heterocycles. The lowest BCUT2D eigenvalue weighted by atomic mass is 9.94. The Morgan fingerprint density at radius 1 is 1.09 bits per heavy atom. The number of fused-ring (bicyclic) bond motifs is 2. The van der Waals surface area contributed by atoms with Crippen LogP contribution in [0.3, 0.4) is 0 Å². The molecule has 0 amide bonds. The van der Waals surface area contributed by atoms with Crippen LogP contribution in [0.1, 0.15) is 47.8 Å². The molecule has 1 aliphatic rings. The molecular formula is C34H28Cl2N4O5S. The number of aromatic nitrogens is 2. The number of nitro benzene ring substituents is 1. The van der Waals surface area contributed by atoms with Gasteiger partial charge < -0.3 is 9.30 Å². The molecule has 0 aliphatic carbocycles. The summed E-state index contributed by atoms with van der Waals surface area (Å²) in [6.07, 6.45) is 1.85. The Hall–Kier alpha value is -4.51. The number of ether oxygens (including phenoxy) is 1. The van der Waals surface area contributed by atoms with E-state index in [1.807, 2.05) is 49.4 Å². The second-order valence-electron chi connectivity index (χ2n) is 11.0. The smallest absolute Gasteiger partial charge is 0.338 e. The molecule has 0 saturated carbocycles. The molecule has 0 radical (unpaired) electrons. The third-order valence-corrected chi connectivity index (χ3v) is 9.86. The fourth-order valence-corrected chi connectivity index (χ4v) is 7.24. The van der Waals surface area contributed by atoms with Gasteiger partial charge in [-0.1, -0.05) is 70.9 Å². The van der Waals surface area contributed by atoms with Crippen molar-refractivity contribution in [1.29, 1.82) is 0 Å².